The van der Waals surface area contributed by atoms with Gasteiger partial charge in [0.05, 0.1) is 16.3 Å². The summed E-state index contributed by atoms with van der Waals surface area (Å²) in [6, 6.07) is 12.3. The van der Waals surface area contributed by atoms with Gasteiger partial charge in [-0.3, -0.25) is 4.79 Å². The normalized spacial score (nSPS) is 18.0. The summed E-state index contributed by atoms with van der Waals surface area (Å²) in [5, 5.41) is 1.95. The molecule has 1 amide bonds. The molecule has 0 saturated carbocycles. The predicted molar refractivity (Wildman–Crippen MR) is 84.9 cm³/mol. The molecule has 20 heavy (non-hydrogen) atoms. The molecular formula is C16H18N2OS. The lowest BCUT2D eigenvalue weighted by molar-refractivity contribution is 0.0988. The van der Waals surface area contributed by atoms with E-state index >= 15 is 0 Å². The van der Waals surface area contributed by atoms with Crippen LogP contribution >= 0.6 is 11.3 Å². The molecule has 1 aliphatic heterocycles. The van der Waals surface area contributed by atoms with Gasteiger partial charge in [0.25, 0.3) is 5.91 Å². The minimum absolute atomic E-state index is 0.107. The molecule has 1 aromatic heterocycles. The number of thiophene rings is 1. The van der Waals surface area contributed by atoms with E-state index in [1.807, 2.05) is 40.6 Å². The number of rotatable bonds is 2. The summed E-state index contributed by atoms with van der Waals surface area (Å²) in [7, 11) is 0. The van der Waals surface area contributed by atoms with Crippen LogP contribution in [0.15, 0.2) is 41.8 Å². The van der Waals surface area contributed by atoms with E-state index in [4.69, 9.17) is 0 Å². The molecule has 0 aliphatic carbocycles. The molecule has 0 bridgehead atoms. The van der Waals surface area contributed by atoms with Crippen LogP contribution in [0.4, 0.5) is 11.4 Å². The van der Waals surface area contributed by atoms with E-state index < -0.39 is 0 Å². The van der Waals surface area contributed by atoms with Crippen molar-refractivity contribution in [3.05, 3.63) is 46.7 Å². The highest BCUT2D eigenvalue weighted by Gasteiger charge is 2.31. The summed E-state index contributed by atoms with van der Waals surface area (Å²) in [4.78, 5) is 17.8. The molecule has 4 heteroatoms. The second-order valence-corrected chi connectivity index (χ2v) is 5.96. The zero-order valence-electron chi connectivity index (χ0n) is 11.7. The molecule has 3 nitrogen and oxygen atoms in total. The van der Waals surface area contributed by atoms with Crippen molar-refractivity contribution < 1.29 is 4.79 Å². The highest BCUT2D eigenvalue weighted by atomic mass is 32.1. The number of carbonyl (C=O) groups excluding carboxylic acids is 1. The van der Waals surface area contributed by atoms with Crippen molar-refractivity contribution in [2.45, 2.75) is 19.9 Å². The van der Waals surface area contributed by atoms with E-state index in [0.717, 1.165) is 29.3 Å². The Hall–Kier alpha value is -1.81. The summed E-state index contributed by atoms with van der Waals surface area (Å²) in [6.45, 7) is 6.03. The molecule has 0 N–H and O–H groups in total. The monoisotopic (exact) mass is 286 g/mol. The molecule has 1 atom stereocenters. The third kappa shape index (κ3) is 2.10. The molecule has 0 fully saturated rings. The molecule has 1 aromatic carbocycles. The molecule has 2 aromatic rings. The van der Waals surface area contributed by atoms with E-state index in [2.05, 4.69) is 24.8 Å². The van der Waals surface area contributed by atoms with Gasteiger partial charge >= 0.3 is 0 Å². The molecular weight excluding hydrogens is 268 g/mol. The maximum absolute atomic E-state index is 12.7. The van der Waals surface area contributed by atoms with E-state index in [1.54, 1.807) is 0 Å². The van der Waals surface area contributed by atoms with Crippen molar-refractivity contribution in [2.75, 3.05) is 22.9 Å². The van der Waals surface area contributed by atoms with E-state index in [-0.39, 0.29) is 5.91 Å². The number of hydrogen-bond acceptors (Lipinski definition) is 3. The number of fused-ring (bicyclic) bond motifs is 1. The van der Waals surface area contributed by atoms with Crippen LogP contribution in [0.5, 0.6) is 0 Å². The highest BCUT2D eigenvalue weighted by molar-refractivity contribution is 7.12. The molecule has 0 spiro atoms. The Morgan fingerprint density at radius 3 is 2.65 bits per heavy atom. The summed E-state index contributed by atoms with van der Waals surface area (Å²) in [5.41, 5.74) is 2.17. The van der Waals surface area contributed by atoms with Gasteiger partial charge in [-0.25, -0.2) is 0 Å². The predicted octanol–water partition coefficient (Wildman–Crippen LogP) is 3.62. The quantitative estimate of drug-likeness (QED) is 0.842. The van der Waals surface area contributed by atoms with Gasteiger partial charge in [-0.1, -0.05) is 18.2 Å². The second kappa shape index (κ2) is 5.29. The number of amides is 1. The van der Waals surface area contributed by atoms with Crippen molar-refractivity contribution >= 4 is 28.6 Å². The Labute approximate surface area is 123 Å². The Morgan fingerprint density at radius 2 is 2.00 bits per heavy atom. The summed E-state index contributed by atoms with van der Waals surface area (Å²) >= 11 is 1.50. The molecule has 0 saturated heterocycles. The largest absolute Gasteiger partial charge is 0.366 e. The average Bonchev–Trinajstić information content (AvgIpc) is 3.00. The minimum atomic E-state index is 0.107. The molecule has 104 valence electrons. The van der Waals surface area contributed by atoms with Gasteiger partial charge in [-0.15, -0.1) is 11.3 Å². The van der Waals surface area contributed by atoms with Gasteiger partial charge in [-0.2, -0.15) is 0 Å². The van der Waals surface area contributed by atoms with Crippen LogP contribution in [0.1, 0.15) is 23.5 Å². The number of likely N-dealkylation sites (N-methyl/N-ethyl adjacent to an activating group) is 1. The molecule has 2 heterocycles. The lowest BCUT2D eigenvalue weighted by atomic mass is 10.1. The standard InChI is InChI=1S/C16H18N2OS/c1-3-17-12(2)11-18(14-8-5-4-7-13(14)17)16(19)15-9-6-10-20-15/h4-10,12H,3,11H2,1-2H3. The van der Waals surface area contributed by atoms with Gasteiger partial charge in [0.1, 0.15) is 0 Å². The van der Waals surface area contributed by atoms with Gasteiger partial charge < -0.3 is 9.80 Å². The first-order valence-corrected chi connectivity index (χ1v) is 7.81. The molecule has 0 radical (unpaired) electrons. The van der Waals surface area contributed by atoms with Crippen molar-refractivity contribution in [3.8, 4) is 0 Å². The smallest absolute Gasteiger partial charge is 0.268 e. The van der Waals surface area contributed by atoms with Crippen LogP contribution in [-0.2, 0) is 0 Å². The Morgan fingerprint density at radius 1 is 1.25 bits per heavy atom. The minimum Gasteiger partial charge on any atom is -0.366 e. The zero-order valence-corrected chi connectivity index (χ0v) is 12.6. The summed E-state index contributed by atoms with van der Waals surface area (Å²) in [5.74, 6) is 0.107. The highest BCUT2D eigenvalue weighted by Crippen LogP contribution is 2.36. The topological polar surface area (TPSA) is 23.6 Å². The fourth-order valence-corrected chi connectivity index (χ4v) is 3.51. The number of carbonyl (C=O) groups is 1. The van der Waals surface area contributed by atoms with Crippen LogP contribution in [0.2, 0.25) is 0 Å². The SMILES string of the molecule is CCN1c2ccccc2N(C(=O)c2cccs2)CC1C. The maximum Gasteiger partial charge on any atom is 0.268 e. The van der Waals surface area contributed by atoms with E-state index in [9.17, 15) is 4.79 Å². The number of nitrogens with zero attached hydrogens (tertiary/aromatic N) is 2. The van der Waals surface area contributed by atoms with E-state index in [1.165, 1.54) is 11.3 Å². The fourth-order valence-electron chi connectivity index (χ4n) is 2.84. The van der Waals surface area contributed by atoms with Crippen LogP contribution in [-0.4, -0.2) is 25.0 Å². The zero-order chi connectivity index (χ0) is 14.1. The maximum atomic E-state index is 12.7. The molecule has 3 rings (SSSR count). The van der Waals surface area contributed by atoms with Crippen molar-refractivity contribution in [1.82, 2.24) is 0 Å². The Balaban J connectivity index is 2.03. The fraction of sp³-hybridized carbons (Fsp3) is 0.312. The number of para-hydroxylation sites is 2. The van der Waals surface area contributed by atoms with Crippen LogP contribution < -0.4 is 9.80 Å². The van der Waals surface area contributed by atoms with Gasteiger partial charge in [0.15, 0.2) is 0 Å². The average molecular weight is 286 g/mol. The first kappa shape index (κ1) is 13.2. The number of hydrogen-bond donors (Lipinski definition) is 0. The Bertz CT molecular complexity index is 609. The van der Waals surface area contributed by atoms with Crippen LogP contribution in [0, 0.1) is 0 Å². The lowest BCUT2D eigenvalue weighted by Crippen LogP contribution is -2.49. The van der Waals surface area contributed by atoms with Crippen LogP contribution in [0.25, 0.3) is 0 Å². The lowest BCUT2D eigenvalue weighted by Gasteiger charge is -2.41. The summed E-state index contributed by atoms with van der Waals surface area (Å²) in [6.07, 6.45) is 0. The van der Waals surface area contributed by atoms with Crippen molar-refractivity contribution in [3.63, 3.8) is 0 Å². The molecule has 1 unspecified atom stereocenters. The van der Waals surface area contributed by atoms with Crippen molar-refractivity contribution in [1.29, 1.82) is 0 Å². The van der Waals surface area contributed by atoms with Crippen molar-refractivity contribution in [2.24, 2.45) is 0 Å². The van der Waals surface area contributed by atoms with Crippen LogP contribution in [0.3, 0.4) is 0 Å². The first-order valence-electron chi connectivity index (χ1n) is 6.93. The first-order chi connectivity index (χ1) is 9.72. The number of anilines is 2. The second-order valence-electron chi connectivity index (χ2n) is 5.02. The molecule has 1 aliphatic rings. The van der Waals surface area contributed by atoms with Gasteiger partial charge in [0.2, 0.25) is 0 Å². The third-order valence-electron chi connectivity index (χ3n) is 3.78. The Kier molecular flexibility index (Phi) is 3.49. The third-order valence-corrected chi connectivity index (χ3v) is 4.64. The van der Waals surface area contributed by atoms with E-state index in [0.29, 0.717) is 6.04 Å². The summed E-state index contributed by atoms with van der Waals surface area (Å²) < 4.78 is 0. The van der Waals surface area contributed by atoms with Gasteiger partial charge in [-0.05, 0) is 37.4 Å². The number of benzene rings is 1. The van der Waals surface area contributed by atoms with Gasteiger partial charge in [0, 0.05) is 19.1 Å².